The van der Waals surface area contributed by atoms with Crippen LogP contribution in [-0.4, -0.2) is 39.2 Å². The normalized spacial score (nSPS) is 50.5. The molecule has 26 heavy (non-hydrogen) atoms. The van der Waals surface area contributed by atoms with Gasteiger partial charge in [0.2, 0.25) is 0 Å². The van der Waals surface area contributed by atoms with E-state index in [1.54, 1.807) is 0 Å². The van der Waals surface area contributed by atoms with Gasteiger partial charge in [-0.25, -0.2) is 0 Å². The van der Waals surface area contributed by atoms with Gasteiger partial charge < -0.3 is 10.2 Å². The number of aliphatic hydroxyl groups is 2. The van der Waals surface area contributed by atoms with E-state index in [-0.39, 0.29) is 34.6 Å². The maximum absolute atomic E-state index is 12.5. The number of fused-ring (bicyclic) bond motifs is 5. The van der Waals surface area contributed by atoms with Crippen molar-refractivity contribution in [1.29, 1.82) is 0 Å². The Kier molecular flexibility index (Phi) is 4.26. The maximum atomic E-state index is 12.5. The number of ketones is 2. The highest BCUT2D eigenvalue weighted by molar-refractivity contribution is 7.81. The van der Waals surface area contributed by atoms with Crippen LogP contribution >= 0.6 is 12.6 Å². The van der Waals surface area contributed by atoms with Crippen LogP contribution in [0.4, 0.5) is 0 Å². The smallest absolute Gasteiger partial charge is 0.174 e. The van der Waals surface area contributed by atoms with Crippen molar-refractivity contribution in [3.8, 4) is 0 Å². The molecule has 4 nitrogen and oxygen atoms in total. The van der Waals surface area contributed by atoms with Crippen molar-refractivity contribution in [3.63, 3.8) is 0 Å². The quantitative estimate of drug-likeness (QED) is 0.646. The van der Waals surface area contributed by atoms with Gasteiger partial charge in [-0.3, -0.25) is 9.59 Å². The Labute approximate surface area is 160 Å². The minimum absolute atomic E-state index is 0.0374. The molecule has 0 aliphatic heterocycles. The van der Waals surface area contributed by atoms with E-state index >= 15 is 0 Å². The number of aliphatic hydroxyl groups excluding tert-OH is 1. The molecule has 3 saturated carbocycles. The molecular formula is C21H30O4S. The van der Waals surface area contributed by atoms with Gasteiger partial charge in [-0.2, -0.15) is 12.6 Å². The molecule has 0 spiro atoms. The lowest BCUT2D eigenvalue weighted by molar-refractivity contribution is -0.178. The first-order valence-electron chi connectivity index (χ1n) is 9.96. The minimum atomic E-state index is -1.37. The zero-order valence-electron chi connectivity index (χ0n) is 15.7. The van der Waals surface area contributed by atoms with Crippen LogP contribution in [0.5, 0.6) is 0 Å². The molecule has 0 radical (unpaired) electrons. The first-order valence-corrected chi connectivity index (χ1v) is 10.6. The van der Waals surface area contributed by atoms with Gasteiger partial charge in [-0.1, -0.05) is 19.4 Å². The lowest BCUT2D eigenvalue weighted by Gasteiger charge is -2.60. The predicted octanol–water partition coefficient (Wildman–Crippen LogP) is 2.72. The number of hydrogen-bond donors (Lipinski definition) is 3. The summed E-state index contributed by atoms with van der Waals surface area (Å²) in [6.07, 6.45) is 6.21. The van der Waals surface area contributed by atoms with E-state index in [1.807, 2.05) is 13.0 Å². The summed E-state index contributed by atoms with van der Waals surface area (Å²) < 4.78 is 0. The number of rotatable bonds is 2. The highest BCUT2D eigenvalue weighted by Crippen LogP contribution is 2.67. The topological polar surface area (TPSA) is 74.6 Å². The molecule has 4 aliphatic carbocycles. The van der Waals surface area contributed by atoms with E-state index in [4.69, 9.17) is 0 Å². The predicted molar refractivity (Wildman–Crippen MR) is 102 cm³/mol. The van der Waals surface area contributed by atoms with Gasteiger partial charge in [0.15, 0.2) is 11.6 Å². The summed E-state index contributed by atoms with van der Waals surface area (Å²) >= 11 is 4.13. The van der Waals surface area contributed by atoms with E-state index < -0.39 is 17.1 Å². The standard InChI is InChI=1S/C21H30O4S/c1-19-7-5-13(22)9-12(19)3-4-14-15-6-8-21(25,17(24)11-26)20(15,2)10-16(23)18(14)19/h9,14-16,18,23,25-26H,3-8,10-11H2,1-2H3/t14-,15+,16-,18+,19-,20-,21-/m0/s1. The molecule has 7 atom stereocenters. The monoisotopic (exact) mass is 378 g/mol. The van der Waals surface area contributed by atoms with Crippen LogP contribution in [0.2, 0.25) is 0 Å². The van der Waals surface area contributed by atoms with Crippen molar-refractivity contribution in [3.05, 3.63) is 11.6 Å². The average Bonchev–Trinajstić information content (AvgIpc) is 2.86. The highest BCUT2D eigenvalue weighted by Gasteiger charge is 2.68. The maximum Gasteiger partial charge on any atom is 0.174 e. The number of Topliss-reactive ketones (excluding diaryl/α,β-unsaturated/α-hetero) is 1. The zero-order valence-corrected chi connectivity index (χ0v) is 16.6. The highest BCUT2D eigenvalue weighted by atomic mass is 32.1. The summed E-state index contributed by atoms with van der Waals surface area (Å²) in [4.78, 5) is 24.4. The van der Waals surface area contributed by atoms with Crippen LogP contribution in [0.3, 0.4) is 0 Å². The summed E-state index contributed by atoms with van der Waals surface area (Å²) in [5, 5.41) is 22.5. The van der Waals surface area contributed by atoms with Crippen molar-refractivity contribution >= 4 is 24.2 Å². The first kappa shape index (κ1) is 18.7. The Morgan fingerprint density at radius 2 is 2.00 bits per heavy atom. The molecule has 4 aliphatic rings. The van der Waals surface area contributed by atoms with E-state index in [9.17, 15) is 19.8 Å². The molecule has 0 heterocycles. The molecule has 0 unspecified atom stereocenters. The third kappa shape index (κ3) is 2.23. The van der Waals surface area contributed by atoms with Crippen molar-refractivity contribution in [2.45, 2.75) is 70.5 Å². The van der Waals surface area contributed by atoms with Gasteiger partial charge in [0.05, 0.1) is 11.9 Å². The number of hydrogen-bond acceptors (Lipinski definition) is 5. The van der Waals surface area contributed by atoms with Crippen molar-refractivity contribution in [2.24, 2.45) is 28.6 Å². The van der Waals surface area contributed by atoms with Crippen LogP contribution in [0, 0.1) is 28.6 Å². The van der Waals surface area contributed by atoms with E-state index in [1.165, 1.54) is 5.57 Å². The molecule has 4 rings (SSSR count). The SMILES string of the molecule is C[C@]12CCC(=O)C=C1CC[C@@H]1[C@@H]2[C@@H](O)C[C@@]2(C)[C@@H]1CC[C@]2(O)C(=O)CS. The third-order valence-corrected chi connectivity index (χ3v) is 8.94. The molecule has 3 fully saturated rings. The van der Waals surface area contributed by atoms with Gasteiger partial charge in [0, 0.05) is 11.8 Å². The number of thiol groups is 1. The van der Waals surface area contributed by atoms with E-state index in [0.717, 1.165) is 25.7 Å². The van der Waals surface area contributed by atoms with E-state index in [2.05, 4.69) is 19.6 Å². The fourth-order valence-electron chi connectivity index (χ4n) is 7.28. The first-order chi connectivity index (χ1) is 12.2. The molecule has 0 amide bonds. The van der Waals surface area contributed by atoms with Gasteiger partial charge >= 0.3 is 0 Å². The Bertz CT molecular complexity index is 687. The lowest BCUT2D eigenvalue weighted by atomic mass is 9.45. The fraction of sp³-hybridized carbons (Fsp3) is 0.810. The molecule has 0 aromatic rings. The van der Waals surface area contributed by atoms with Gasteiger partial charge in [-0.15, -0.1) is 0 Å². The number of carbonyl (C=O) groups excluding carboxylic acids is 2. The molecule has 5 heteroatoms. The van der Waals surface area contributed by atoms with Crippen LogP contribution in [0.25, 0.3) is 0 Å². The summed E-state index contributed by atoms with van der Waals surface area (Å²) in [6.45, 7) is 4.22. The summed E-state index contributed by atoms with van der Waals surface area (Å²) in [6, 6.07) is 0. The summed E-state index contributed by atoms with van der Waals surface area (Å²) in [7, 11) is 0. The second-order valence-electron chi connectivity index (χ2n) is 9.56. The van der Waals surface area contributed by atoms with Crippen LogP contribution in [-0.2, 0) is 9.59 Å². The van der Waals surface area contributed by atoms with Gasteiger partial charge in [-0.05, 0) is 67.8 Å². The second kappa shape index (κ2) is 5.92. The van der Waals surface area contributed by atoms with Crippen LogP contribution < -0.4 is 0 Å². The molecule has 144 valence electrons. The molecule has 0 saturated heterocycles. The number of allylic oxidation sites excluding steroid dienone is 1. The molecule has 2 N–H and O–H groups in total. The fourth-order valence-corrected chi connectivity index (χ4v) is 7.54. The zero-order chi connectivity index (χ0) is 18.9. The Morgan fingerprint density at radius 1 is 1.27 bits per heavy atom. The third-order valence-electron chi connectivity index (χ3n) is 8.65. The van der Waals surface area contributed by atoms with Crippen LogP contribution in [0.1, 0.15) is 58.8 Å². The Hall–Kier alpha value is -0.650. The number of carbonyl (C=O) groups is 2. The summed E-state index contributed by atoms with van der Waals surface area (Å²) in [5.74, 6) is 0.683. The lowest BCUT2D eigenvalue weighted by Crippen LogP contribution is -2.61. The van der Waals surface area contributed by atoms with Crippen molar-refractivity contribution < 1.29 is 19.8 Å². The molecule has 0 aromatic carbocycles. The minimum Gasteiger partial charge on any atom is -0.393 e. The van der Waals surface area contributed by atoms with Gasteiger partial charge in [0.1, 0.15) is 5.60 Å². The van der Waals surface area contributed by atoms with E-state index in [0.29, 0.717) is 25.2 Å². The van der Waals surface area contributed by atoms with Crippen molar-refractivity contribution in [2.75, 3.05) is 5.75 Å². The Morgan fingerprint density at radius 3 is 2.69 bits per heavy atom. The van der Waals surface area contributed by atoms with Crippen molar-refractivity contribution in [1.82, 2.24) is 0 Å². The van der Waals surface area contributed by atoms with Crippen LogP contribution in [0.15, 0.2) is 11.6 Å². The summed E-state index contributed by atoms with van der Waals surface area (Å²) in [5.41, 5.74) is -0.885. The molecular weight excluding hydrogens is 348 g/mol. The molecule has 0 aromatic heterocycles. The second-order valence-corrected chi connectivity index (χ2v) is 9.87. The molecule has 0 bridgehead atoms. The largest absolute Gasteiger partial charge is 0.393 e. The Balaban J connectivity index is 1.74. The van der Waals surface area contributed by atoms with Gasteiger partial charge in [0.25, 0.3) is 0 Å². The average molecular weight is 379 g/mol.